The number of rotatable bonds is 6. The molecular weight excluding hydrogens is 275 g/mol. The van der Waals surface area contributed by atoms with Crippen LogP contribution >= 0.6 is 24.0 Å². The van der Waals surface area contributed by atoms with E-state index in [0.29, 0.717) is 12.6 Å². The van der Waals surface area contributed by atoms with E-state index < -0.39 is 8.07 Å². The van der Waals surface area contributed by atoms with E-state index in [-0.39, 0.29) is 12.4 Å². The molecular formula is C11H22Cl2N2OSi. The fourth-order valence-electron chi connectivity index (χ4n) is 1.31. The predicted molar refractivity (Wildman–Crippen MR) is 77.9 cm³/mol. The number of ether oxygens (including phenoxy) is 1. The van der Waals surface area contributed by atoms with E-state index in [1.165, 1.54) is 6.04 Å². The molecule has 0 saturated heterocycles. The molecule has 1 rings (SSSR count). The number of hydrogen-bond donors (Lipinski definition) is 0. The molecule has 17 heavy (non-hydrogen) atoms. The molecule has 100 valence electrons. The maximum atomic E-state index is 5.72. The van der Waals surface area contributed by atoms with Gasteiger partial charge >= 0.3 is 0 Å². The summed E-state index contributed by atoms with van der Waals surface area (Å²) in [5.74, 6) is 1.42. The number of halogens is 2. The molecule has 0 fully saturated rings. The van der Waals surface area contributed by atoms with Crippen molar-refractivity contribution in [1.29, 1.82) is 0 Å². The summed E-state index contributed by atoms with van der Waals surface area (Å²) in [4.78, 5) is 4.32. The number of alkyl halides is 1. The molecule has 0 aromatic carbocycles. The quantitative estimate of drug-likeness (QED) is 0.455. The molecule has 3 nitrogen and oxygen atoms in total. The van der Waals surface area contributed by atoms with Crippen LogP contribution in [0.1, 0.15) is 11.5 Å². The molecule has 0 N–H and O–H groups in total. The summed E-state index contributed by atoms with van der Waals surface area (Å²) in [6.07, 6.45) is 1.96. The number of nitrogens with zero attached hydrogens (tertiary/aromatic N) is 2. The minimum absolute atomic E-state index is 0. The second-order valence-electron chi connectivity index (χ2n) is 5.23. The third-order valence-electron chi connectivity index (χ3n) is 2.39. The van der Waals surface area contributed by atoms with Gasteiger partial charge in [0.2, 0.25) is 0 Å². The third-order valence-corrected chi connectivity index (χ3v) is 4.37. The Morgan fingerprint density at radius 3 is 2.53 bits per heavy atom. The number of imidazole rings is 1. The molecule has 6 heteroatoms. The first-order valence-corrected chi connectivity index (χ1v) is 9.83. The Morgan fingerprint density at radius 2 is 2.06 bits per heavy atom. The highest BCUT2D eigenvalue weighted by Crippen LogP contribution is 2.09. The lowest BCUT2D eigenvalue weighted by Gasteiger charge is -2.15. The third kappa shape index (κ3) is 6.45. The minimum Gasteiger partial charge on any atom is -0.361 e. The van der Waals surface area contributed by atoms with Crippen molar-refractivity contribution in [3.05, 3.63) is 17.7 Å². The van der Waals surface area contributed by atoms with Crippen molar-refractivity contribution >= 4 is 32.1 Å². The van der Waals surface area contributed by atoms with Gasteiger partial charge in [-0.15, -0.1) is 24.0 Å². The second-order valence-corrected chi connectivity index (χ2v) is 11.1. The summed E-state index contributed by atoms with van der Waals surface area (Å²) in [6, 6.07) is 1.20. The van der Waals surface area contributed by atoms with Gasteiger partial charge in [-0.2, -0.15) is 0 Å². The monoisotopic (exact) mass is 296 g/mol. The average Bonchev–Trinajstić information content (AvgIpc) is 2.53. The molecule has 1 aromatic heterocycles. The molecule has 0 saturated carbocycles. The van der Waals surface area contributed by atoms with Crippen LogP contribution < -0.4 is 0 Å². The van der Waals surface area contributed by atoms with Crippen molar-refractivity contribution in [1.82, 2.24) is 9.55 Å². The van der Waals surface area contributed by atoms with Crippen LogP contribution in [0.3, 0.4) is 0 Å². The molecule has 0 unspecified atom stereocenters. The summed E-state index contributed by atoms with van der Waals surface area (Å²) in [7, 11) is -0.982. The van der Waals surface area contributed by atoms with Crippen molar-refractivity contribution in [3.63, 3.8) is 0 Å². The van der Waals surface area contributed by atoms with Gasteiger partial charge in [0.05, 0.1) is 11.6 Å². The average molecular weight is 297 g/mol. The highest BCUT2D eigenvalue weighted by molar-refractivity contribution is 6.76. The lowest BCUT2D eigenvalue weighted by molar-refractivity contribution is 0.0857. The van der Waals surface area contributed by atoms with Gasteiger partial charge in [0.25, 0.3) is 0 Å². The lowest BCUT2D eigenvalue weighted by atomic mass is 10.6. The molecule has 0 aliphatic heterocycles. The van der Waals surface area contributed by atoms with Crippen molar-refractivity contribution in [3.8, 4) is 0 Å². The largest absolute Gasteiger partial charge is 0.361 e. The minimum atomic E-state index is -0.982. The van der Waals surface area contributed by atoms with Gasteiger partial charge in [0, 0.05) is 20.9 Å². The van der Waals surface area contributed by atoms with Gasteiger partial charge in [-0.1, -0.05) is 19.6 Å². The SMILES string of the molecule is Cc1nc(CCl)cn1COCC[Si](C)(C)C.Cl. The van der Waals surface area contributed by atoms with Gasteiger partial charge in [0.1, 0.15) is 12.6 Å². The van der Waals surface area contributed by atoms with Gasteiger partial charge in [-0.25, -0.2) is 4.98 Å². The molecule has 0 bridgehead atoms. The Balaban J connectivity index is 0.00000256. The number of aryl methyl sites for hydroxylation is 1. The fourth-order valence-corrected chi connectivity index (χ4v) is 2.20. The lowest BCUT2D eigenvalue weighted by Crippen LogP contribution is -2.22. The van der Waals surface area contributed by atoms with Crippen LogP contribution in [-0.4, -0.2) is 24.2 Å². The molecule has 0 amide bonds. The van der Waals surface area contributed by atoms with Gasteiger partial charge in [-0.3, -0.25) is 0 Å². The number of hydrogen-bond acceptors (Lipinski definition) is 2. The Kier molecular flexibility index (Phi) is 7.40. The van der Waals surface area contributed by atoms with Gasteiger partial charge in [0.15, 0.2) is 0 Å². The molecule has 1 heterocycles. The van der Waals surface area contributed by atoms with E-state index in [2.05, 4.69) is 24.6 Å². The van der Waals surface area contributed by atoms with E-state index in [4.69, 9.17) is 16.3 Å². The van der Waals surface area contributed by atoms with E-state index in [1.54, 1.807) is 0 Å². The summed E-state index contributed by atoms with van der Waals surface area (Å²) in [5, 5.41) is 0. The Hall–Kier alpha value is -0.0331. The van der Waals surface area contributed by atoms with Gasteiger partial charge in [-0.05, 0) is 13.0 Å². The van der Waals surface area contributed by atoms with Crippen LogP contribution in [0.15, 0.2) is 6.20 Å². The highest BCUT2D eigenvalue weighted by Gasteiger charge is 2.12. The van der Waals surface area contributed by atoms with Crippen LogP contribution in [0.25, 0.3) is 0 Å². The Bertz CT molecular complexity index is 337. The first-order valence-electron chi connectivity index (χ1n) is 5.59. The van der Waals surface area contributed by atoms with E-state index in [1.807, 2.05) is 17.7 Å². The molecule has 1 aromatic rings. The van der Waals surface area contributed by atoms with E-state index in [9.17, 15) is 0 Å². The highest BCUT2D eigenvalue weighted by atomic mass is 35.5. The Labute approximate surface area is 116 Å². The van der Waals surface area contributed by atoms with Crippen LogP contribution in [0, 0.1) is 6.92 Å². The molecule has 0 radical (unpaired) electrons. The molecule has 0 aliphatic carbocycles. The fraction of sp³-hybridized carbons (Fsp3) is 0.727. The maximum absolute atomic E-state index is 5.72. The predicted octanol–water partition coefficient (Wildman–Crippen LogP) is 3.66. The molecule has 0 spiro atoms. The van der Waals surface area contributed by atoms with Crippen molar-refractivity contribution in [2.45, 2.75) is 45.2 Å². The zero-order valence-electron chi connectivity index (χ0n) is 11.0. The second kappa shape index (κ2) is 7.41. The number of aromatic nitrogens is 2. The van der Waals surface area contributed by atoms with E-state index >= 15 is 0 Å². The standard InChI is InChI=1S/C11H21ClN2OSi.ClH/c1-10-13-11(7-12)8-14(10)9-15-5-6-16(2,3)4;/h8H,5-7,9H2,1-4H3;1H. The summed E-state index contributed by atoms with van der Waals surface area (Å²) in [6.45, 7) is 10.4. The van der Waals surface area contributed by atoms with Crippen molar-refractivity contribution < 1.29 is 4.74 Å². The summed E-state index contributed by atoms with van der Waals surface area (Å²) >= 11 is 5.72. The topological polar surface area (TPSA) is 27.1 Å². The normalized spacial score (nSPS) is 11.4. The molecule has 0 atom stereocenters. The first-order chi connectivity index (χ1) is 7.42. The van der Waals surface area contributed by atoms with Crippen LogP contribution in [0.5, 0.6) is 0 Å². The van der Waals surface area contributed by atoms with Crippen molar-refractivity contribution in [2.24, 2.45) is 0 Å². The maximum Gasteiger partial charge on any atom is 0.123 e. The Morgan fingerprint density at radius 1 is 1.41 bits per heavy atom. The smallest absolute Gasteiger partial charge is 0.123 e. The zero-order chi connectivity index (χ0) is 12.2. The van der Waals surface area contributed by atoms with Crippen LogP contribution in [0.2, 0.25) is 25.7 Å². The molecule has 0 aliphatic rings. The van der Waals surface area contributed by atoms with Crippen LogP contribution in [-0.2, 0) is 17.3 Å². The van der Waals surface area contributed by atoms with Gasteiger partial charge < -0.3 is 9.30 Å². The zero-order valence-corrected chi connectivity index (χ0v) is 13.6. The van der Waals surface area contributed by atoms with Crippen LogP contribution in [0.4, 0.5) is 0 Å². The summed E-state index contributed by atoms with van der Waals surface area (Å²) in [5.41, 5.74) is 0.910. The van der Waals surface area contributed by atoms with E-state index in [0.717, 1.165) is 18.1 Å². The first kappa shape index (κ1) is 17.0. The summed E-state index contributed by atoms with van der Waals surface area (Å²) < 4.78 is 7.65. The van der Waals surface area contributed by atoms with Crippen molar-refractivity contribution in [2.75, 3.05) is 6.61 Å².